The van der Waals surface area contributed by atoms with E-state index in [-0.39, 0.29) is 11.5 Å². The SMILES string of the molecule is CC1(C)C[C@@](C)(O)C[C@H]1Nc1c(C(N)=O)cnn2cccc12. The summed E-state index contributed by atoms with van der Waals surface area (Å²) in [5, 5.41) is 18.0. The van der Waals surface area contributed by atoms with Crippen molar-refractivity contribution in [2.75, 3.05) is 5.32 Å². The van der Waals surface area contributed by atoms with Gasteiger partial charge in [0, 0.05) is 12.2 Å². The highest BCUT2D eigenvalue weighted by atomic mass is 16.3. The number of anilines is 1. The molecule has 2 heterocycles. The quantitative estimate of drug-likeness (QED) is 0.806. The van der Waals surface area contributed by atoms with Crippen molar-refractivity contribution < 1.29 is 9.90 Å². The van der Waals surface area contributed by atoms with Gasteiger partial charge in [0.2, 0.25) is 0 Å². The summed E-state index contributed by atoms with van der Waals surface area (Å²) >= 11 is 0. The van der Waals surface area contributed by atoms with Gasteiger partial charge in [-0.3, -0.25) is 4.79 Å². The molecular weight excluding hydrogens is 280 g/mol. The van der Waals surface area contributed by atoms with Crippen molar-refractivity contribution in [1.29, 1.82) is 0 Å². The minimum absolute atomic E-state index is 0.0432. The molecule has 3 rings (SSSR count). The number of carbonyl (C=O) groups is 1. The number of hydrogen-bond acceptors (Lipinski definition) is 4. The lowest BCUT2D eigenvalue weighted by Gasteiger charge is -2.29. The Balaban J connectivity index is 2.05. The van der Waals surface area contributed by atoms with Gasteiger partial charge in [-0.1, -0.05) is 13.8 Å². The lowest BCUT2D eigenvalue weighted by atomic mass is 9.86. The number of aliphatic hydroxyl groups is 1. The third-order valence-electron chi connectivity index (χ3n) is 4.57. The first-order chi connectivity index (χ1) is 10.2. The molecule has 0 unspecified atom stereocenters. The van der Waals surface area contributed by atoms with Crippen LogP contribution in [0.4, 0.5) is 5.69 Å². The Kier molecular flexibility index (Phi) is 3.18. The van der Waals surface area contributed by atoms with Gasteiger partial charge in [0.1, 0.15) is 0 Å². The van der Waals surface area contributed by atoms with Crippen LogP contribution in [-0.4, -0.2) is 32.3 Å². The molecule has 1 saturated carbocycles. The average molecular weight is 302 g/mol. The molecule has 0 bridgehead atoms. The molecule has 2 aromatic rings. The summed E-state index contributed by atoms with van der Waals surface area (Å²) in [6, 6.07) is 3.80. The van der Waals surface area contributed by atoms with Gasteiger partial charge in [0.25, 0.3) is 5.91 Å². The van der Waals surface area contributed by atoms with Crippen LogP contribution in [0.25, 0.3) is 5.52 Å². The monoisotopic (exact) mass is 302 g/mol. The van der Waals surface area contributed by atoms with E-state index in [2.05, 4.69) is 24.3 Å². The molecule has 0 spiro atoms. The smallest absolute Gasteiger partial charge is 0.252 e. The van der Waals surface area contributed by atoms with Crippen molar-refractivity contribution in [1.82, 2.24) is 9.61 Å². The Hall–Kier alpha value is -2.08. The van der Waals surface area contributed by atoms with Crippen LogP contribution in [0.15, 0.2) is 24.5 Å². The molecule has 2 atom stereocenters. The highest BCUT2D eigenvalue weighted by Crippen LogP contribution is 2.45. The molecule has 118 valence electrons. The standard InChI is InChI=1S/C16H22N4O2/c1-15(2)9-16(3,22)7-12(15)19-13-10(14(17)21)8-18-20-6-4-5-11(13)20/h4-6,8,12,19,22H,7,9H2,1-3H3,(H2,17,21)/t12-,16+/m1/s1. The Labute approximate surface area is 129 Å². The molecule has 0 saturated heterocycles. The molecule has 1 amide bonds. The number of nitrogens with two attached hydrogens (primary N) is 1. The molecule has 0 aliphatic heterocycles. The second-order valence-corrected chi connectivity index (χ2v) is 7.20. The summed E-state index contributed by atoms with van der Waals surface area (Å²) in [5.74, 6) is -0.513. The van der Waals surface area contributed by atoms with Crippen LogP contribution in [0.3, 0.4) is 0 Å². The van der Waals surface area contributed by atoms with Crippen LogP contribution in [-0.2, 0) is 0 Å². The maximum absolute atomic E-state index is 11.7. The van der Waals surface area contributed by atoms with E-state index in [1.165, 1.54) is 6.20 Å². The number of nitrogens with zero attached hydrogens (tertiary/aromatic N) is 2. The number of carbonyl (C=O) groups excluding carboxylic acids is 1. The zero-order valence-corrected chi connectivity index (χ0v) is 13.1. The number of fused-ring (bicyclic) bond motifs is 1. The van der Waals surface area contributed by atoms with Crippen molar-refractivity contribution in [3.63, 3.8) is 0 Å². The minimum atomic E-state index is -0.709. The summed E-state index contributed by atoms with van der Waals surface area (Å²) in [6.07, 6.45) is 4.62. The fraction of sp³-hybridized carbons (Fsp3) is 0.500. The molecule has 22 heavy (non-hydrogen) atoms. The number of aromatic nitrogens is 2. The second-order valence-electron chi connectivity index (χ2n) is 7.20. The first kappa shape index (κ1) is 14.8. The summed E-state index contributed by atoms with van der Waals surface area (Å²) in [6.45, 7) is 6.09. The number of hydrogen-bond donors (Lipinski definition) is 3. The van der Waals surface area contributed by atoms with Crippen LogP contribution in [0.1, 0.15) is 44.0 Å². The van der Waals surface area contributed by atoms with Crippen LogP contribution in [0.5, 0.6) is 0 Å². The summed E-state index contributed by atoms with van der Waals surface area (Å²) in [4.78, 5) is 11.7. The van der Waals surface area contributed by atoms with Crippen molar-refractivity contribution in [3.8, 4) is 0 Å². The predicted octanol–water partition coefficient (Wildman–Crippen LogP) is 1.78. The van der Waals surface area contributed by atoms with Gasteiger partial charge in [-0.05, 0) is 37.3 Å². The zero-order valence-electron chi connectivity index (χ0n) is 13.1. The van der Waals surface area contributed by atoms with Gasteiger partial charge in [0.15, 0.2) is 0 Å². The first-order valence-electron chi connectivity index (χ1n) is 7.45. The normalized spacial score (nSPS) is 27.2. The van der Waals surface area contributed by atoms with E-state index in [0.29, 0.717) is 24.1 Å². The molecule has 0 radical (unpaired) electrons. The van der Waals surface area contributed by atoms with Gasteiger partial charge >= 0.3 is 0 Å². The fourth-order valence-electron chi connectivity index (χ4n) is 3.65. The number of primary amides is 1. The zero-order chi connectivity index (χ0) is 16.1. The van der Waals surface area contributed by atoms with Crippen LogP contribution in [0.2, 0.25) is 0 Å². The van der Waals surface area contributed by atoms with Crippen molar-refractivity contribution in [2.45, 2.75) is 45.3 Å². The van der Waals surface area contributed by atoms with Gasteiger partial charge in [-0.2, -0.15) is 5.10 Å². The van der Waals surface area contributed by atoms with E-state index >= 15 is 0 Å². The van der Waals surface area contributed by atoms with Gasteiger partial charge in [0.05, 0.1) is 28.6 Å². The topological polar surface area (TPSA) is 92.6 Å². The molecule has 2 aromatic heterocycles. The largest absolute Gasteiger partial charge is 0.390 e. The Morgan fingerprint density at radius 1 is 1.50 bits per heavy atom. The molecule has 1 fully saturated rings. The lowest BCUT2D eigenvalue weighted by Crippen LogP contribution is -2.32. The molecule has 1 aliphatic rings. The van der Waals surface area contributed by atoms with E-state index in [1.807, 2.05) is 25.3 Å². The van der Waals surface area contributed by atoms with Crippen molar-refractivity contribution in [2.24, 2.45) is 11.1 Å². The maximum Gasteiger partial charge on any atom is 0.252 e. The van der Waals surface area contributed by atoms with Crippen LogP contribution < -0.4 is 11.1 Å². The Bertz CT molecular complexity index is 733. The highest BCUT2D eigenvalue weighted by Gasteiger charge is 2.46. The third-order valence-corrected chi connectivity index (χ3v) is 4.57. The molecule has 6 nitrogen and oxygen atoms in total. The molecule has 1 aliphatic carbocycles. The Morgan fingerprint density at radius 2 is 2.23 bits per heavy atom. The van der Waals surface area contributed by atoms with Crippen LogP contribution >= 0.6 is 0 Å². The van der Waals surface area contributed by atoms with Crippen molar-refractivity contribution in [3.05, 3.63) is 30.1 Å². The van der Waals surface area contributed by atoms with E-state index < -0.39 is 11.5 Å². The summed E-state index contributed by atoms with van der Waals surface area (Å²) < 4.78 is 1.70. The van der Waals surface area contributed by atoms with Gasteiger partial charge in [-0.15, -0.1) is 0 Å². The fourth-order valence-corrected chi connectivity index (χ4v) is 3.65. The number of nitrogens with one attached hydrogen (secondary N) is 1. The van der Waals surface area contributed by atoms with E-state index in [0.717, 1.165) is 5.52 Å². The average Bonchev–Trinajstić information content (AvgIpc) is 2.91. The number of amides is 1. The van der Waals surface area contributed by atoms with Crippen molar-refractivity contribution >= 4 is 17.1 Å². The second kappa shape index (κ2) is 4.71. The Morgan fingerprint density at radius 3 is 2.82 bits per heavy atom. The molecule has 0 aromatic carbocycles. The first-order valence-corrected chi connectivity index (χ1v) is 7.45. The lowest BCUT2D eigenvalue weighted by molar-refractivity contribution is 0.0570. The summed E-state index contributed by atoms with van der Waals surface area (Å²) in [7, 11) is 0. The maximum atomic E-state index is 11.7. The number of rotatable bonds is 3. The van der Waals surface area contributed by atoms with E-state index in [4.69, 9.17) is 5.73 Å². The predicted molar refractivity (Wildman–Crippen MR) is 84.8 cm³/mol. The van der Waals surface area contributed by atoms with E-state index in [1.54, 1.807) is 4.52 Å². The molecule has 6 heteroatoms. The third kappa shape index (κ3) is 2.43. The highest BCUT2D eigenvalue weighted by molar-refractivity contribution is 6.01. The van der Waals surface area contributed by atoms with Gasteiger partial charge < -0.3 is 16.2 Å². The van der Waals surface area contributed by atoms with Gasteiger partial charge in [-0.25, -0.2) is 4.52 Å². The molecule has 4 N–H and O–H groups in total. The molecular formula is C16H22N4O2. The minimum Gasteiger partial charge on any atom is -0.390 e. The van der Waals surface area contributed by atoms with Crippen LogP contribution in [0, 0.1) is 5.41 Å². The summed E-state index contributed by atoms with van der Waals surface area (Å²) in [5.41, 5.74) is 6.55. The van der Waals surface area contributed by atoms with E-state index in [9.17, 15) is 9.90 Å².